The molecule has 0 radical (unpaired) electrons. The van der Waals surface area contributed by atoms with Crippen molar-refractivity contribution in [2.24, 2.45) is 5.14 Å². The van der Waals surface area contributed by atoms with Gasteiger partial charge in [-0.2, -0.15) is 0 Å². The van der Waals surface area contributed by atoms with Crippen LogP contribution in [0.1, 0.15) is 17.8 Å². The van der Waals surface area contributed by atoms with Gasteiger partial charge in [0.15, 0.2) is 0 Å². The normalized spacial score (nSPS) is 14.1. The summed E-state index contributed by atoms with van der Waals surface area (Å²) in [5.74, 6) is -0.0413. The first-order chi connectivity index (χ1) is 6.90. The highest BCUT2D eigenvalue weighted by atomic mass is 79.9. The Bertz CT molecular complexity index is 416. The largest absolute Gasteiger partial charge is 0.308 e. The molecule has 1 aromatic heterocycles. The second kappa shape index (κ2) is 5.40. The summed E-state index contributed by atoms with van der Waals surface area (Å²) in [4.78, 5) is 1.16. The Balaban J connectivity index is 2.44. The SMILES string of the molecule is CC(NCCS(N)(=O)=O)c1sccc1Br. The van der Waals surface area contributed by atoms with Crippen LogP contribution in [0.15, 0.2) is 15.9 Å². The van der Waals surface area contributed by atoms with Crippen LogP contribution in [0.3, 0.4) is 0 Å². The molecule has 15 heavy (non-hydrogen) atoms. The van der Waals surface area contributed by atoms with E-state index in [4.69, 9.17) is 5.14 Å². The van der Waals surface area contributed by atoms with Crippen LogP contribution in [-0.4, -0.2) is 20.7 Å². The highest BCUT2D eigenvalue weighted by Crippen LogP contribution is 2.28. The van der Waals surface area contributed by atoms with E-state index in [1.807, 2.05) is 18.4 Å². The van der Waals surface area contributed by atoms with Crippen molar-refractivity contribution >= 4 is 37.3 Å². The Hall–Kier alpha value is 0.0500. The monoisotopic (exact) mass is 312 g/mol. The van der Waals surface area contributed by atoms with Crippen LogP contribution in [0.2, 0.25) is 0 Å². The molecule has 1 atom stereocenters. The van der Waals surface area contributed by atoms with Crippen LogP contribution < -0.4 is 10.5 Å². The van der Waals surface area contributed by atoms with Crippen LogP contribution >= 0.6 is 27.3 Å². The van der Waals surface area contributed by atoms with E-state index >= 15 is 0 Å². The van der Waals surface area contributed by atoms with Crippen LogP contribution in [-0.2, 0) is 10.0 Å². The van der Waals surface area contributed by atoms with E-state index in [0.717, 1.165) is 9.35 Å². The zero-order valence-electron chi connectivity index (χ0n) is 8.23. The quantitative estimate of drug-likeness (QED) is 0.864. The average Bonchev–Trinajstić information content (AvgIpc) is 2.48. The summed E-state index contributed by atoms with van der Waals surface area (Å²) in [6, 6.07) is 2.10. The van der Waals surface area contributed by atoms with Gasteiger partial charge in [-0.25, -0.2) is 13.6 Å². The molecule has 0 aliphatic carbocycles. The smallest absolute Gasteiger partial charge is 0.210 e. The average molecular weight is 313 g/mol. The van der Waals surface area contributed by atoms with E-state index in [2.05, 4.69) is 21.2 Å². The zero-order valence-corrected chi connectivity index (χ0v) is 11.5. The molecule has 0 saturated carbocycles. The van der Waals surface area contributed by atoms with Gasteiger partial charge >= 0.3 is 0 Å². The predicted molar refractivity (Wildman–Crippen MR) is 66.4 cm³/mol. The number of primary sulfonamides is 1. The zero-order chi connectivity index (χ0) is 11.5. The highest BCUT2D eigenvalue weighted by Gasteiger charge is 2.11. The topological polar surface area (TPSA) is 72.2 Å². The first-order valence-electron chi connectivity index (χ1n) is 4.37. The van der Waals surface area contributed by atoms with E-state index in [9.17, 15) is 8.42 Å². The van der Waals surface area contributed by atoms with Gasteiger partial charge in [0, 0.05) is 21.9 Å². The van der Waals surface area contributed by atoms with Crippen molar-refractivity contribution < 1.29 is 8.42 Å². The predicted octanol–water partition coefficient (Wildman–Crippen LogP) is 1.45. The molecule has 0 bridgehead atoms. The summed E-state index contributed by atoms with van der Waals surface area (Å²) in [5, 5.41) is 9.98. The van der Waals surface area contributed by atoms with Gasteiger partial charge in [0.25, 0.3) is 0 Å². The fourth-order valence-electron chi connectivity index (χ4n) is 1.12. The second-order valence-electron chi connectivity index (χ2n) is 3.18. The van der Waals surface area contributed by atoms with Crippen LogP contribution in [0, 0.1) is 0 Å². The third-order valence-corrected chi connectivity index (χ3v) is 4.70. The number of halogens is 1. The molecule has 3 N–H and O–H groups in total. The van der Waals surface area contributed by atoms with Gasteiger partial charge in [-0.3, -0.25) is 0 Å². The van der Waals surface area contributed by atoms with Crippen molar-refractivity contribution in [2.45, 2.75) is 13.0 Å². The molecule has 1 rings (SSSR count). The lowest BCUT2D eigenvalue weighted by Crippen LogP contribution is -2.28. The third-order valence-electron chi connectivity index (χ3n) is 1.88. The molecule has 0 amide bonds. The molecule has 1 heterocycles. The number of nitrogens with two attached hydrogens (primary N) is 1. The molecule has 0 saturated heterocycles. The summed E-state index contributed by atoms with van der Waals surface area (Å²) in [7, 11) is -3.37. The third kappa shape index (κ3) is 4.60. The first kappa shape index (κ1) is 13.1. The summed E-state index contributed by atoms with van der Waals surface area (Å²) in [5.41, 5.74) is 0. The van der Waals surface area contributed by atoms with Gasteiger partial charge in [-0.1, -0.05) is 0 Å². The summed E-state index contributed by atoms with van der Waals surface area (Å²) < 4.78 is 22.4. The fourth-order valence-corrected chi connectivity index (χ4v) is 3.28. The number of nitrogens with one attached hydrogen (secondary N) is 1. The lowest BCUT2D eigenvalue weighted by Gasteiger charge is -2.12. The molecule has 4 nitrogen and oxygen atoms in total. The van der Waals surface area contributed by atoms with Crippen molar-refractivity contribution in [1.82, 2.24) is 5.32 Å². The van der Waals surface area contributed by atoms with Crippen molar-refractivity contribution in [1.29, 1.82) is 0 Å². The molecule has 0 aliphatic rings. The second-order valence-corrected chi connectivity index (χ2v) is 6.71. The molecule has 0 spiro atoms. The molecule has 1 aromatic rings. The fraction of sp³-hybridized carbons (Fsp3) is 0.500. The maximum absolute atomic E-state index is 10.7. The molecule has 86 valence electrons. The van der Waals surface area contributed by atoms with Gasteiger partial charge in [0.2, 0.25) is 10.0 Å². The standard InChI is InChI=1S/C8H13BrN2O2S2/c1-6(8-7(9)2-4-14-8)11-3-5-15(10,12)13/h2,4,6,11H,3,5H2,1H3,(H2,10,12,13). The highest BCUT2D eigenvalue weighted by molar-refractivity contribution is 9.10. The number of hydrogen-bond donors (Lipinski definition) is 2. The van der Waals surface area contributed by atoms with Crippen molar-refractivity contribution in [3.8, 4) is 0 Å². The van der Waals surface area contributed by atoms with E-state index in [-0.39, 0.29) is 11.8 Å². The Morgan fingerprint density at radius 3 is 2.80 bits per heavy atom. The lowest BCUT2D eigenvalue weighted by molar-refractivity contribution is 0.576. The minimum Gasteiger partial charge on any atom is -0.308 e. The Kier molecular flexibility index (Phi) is 4.72. The van der Waals surface area contributed by atoms with E-state index in [0.29, 0.717) is 6.54 Å². The van der Waals surface area contributed by atoms with Crippen molar-refractivity contribution in [3.05, 3.63) is 20.8 Å². The van der Waals surface area contributed by atoms with Crippen LogP contribution in [0.25, 0.3) is 0 Å². The first-order valence-corrected chi connectivity index (χ1v) is 7.75. The van der Waals surface area contributed by atoms with Crippen molar-refractivity contribution in [3.63, 3.8) is 0 Å². The number of rotatable bonds is 5. The van der Waals surface area contributed by atoms with Gasteiger partial charge in [0.05, 0.1) is 5.75 Å². The maximum atomic E-state index is 10.7. The summed E-state index contributed by atoms with van der Waals surface area (Å²) >= 11 is 5.05. The Morgan fingerprint density at radius 1 is 1.67 bits per heavy atom. The Morgan fingerprint density at radius 2 is 2.33 bits per heavy atom. The van der Waals surface area contributed by atoms with Gasteiger partial charge in [-0.05, 0) is 34.3 Å². The van der Waals surface area contributed by atoms with Crippen molar-refractivity contribution in [2.75, 3.05) is 12.3 Å². The number of thiophene rings is 1. The Labute approximate surface area is 102 Å². The van der Waals surface area contributed by atoms with E-state index < -0.39 is 10.0 Å². The number of sulfonamides is 1. The van der Waals surface area contributed by atoms with Gasteiger partial charge < -0.3 is 5.32 Å². The molecule has 0 fully saturated rings. The molecule has 0 aliphatic heterocycles. The van der Waals surface area contributed by atoms with Gasteiger partial charge in [-0.15, -0.1) is 11.3 Å². The molecule has 0 aromatic carbocycles. The summed E-state index contributed by atoms with van der Waals surface area (Å²) in [6.45, 7) is 2.35. The molecule has 7 heteroatoms. The minimum atomic E-state index is -3.37. The van der Waals surface area contributed by atoms with Gasteiger partial charge in [0.1, 0.15) is 0 Å². The van der Waals surface area contributed by atoms with Crippen LogP contribution in [0.4, 0.5) is 0 Å². The van der Waals surface area contributed by atoms with E-state index in [1.165, 1.54) is 0 Å². The van der Waals surface area contributed by atoms with Crippen LogP contribution in [0.5, 0.6) is 0 Å². The number of hydrogen-bond acceptors (Lipinski definition) is 4. The molecular formula is C8H13BrN2O2S2. The maximum Gasteiger partial charge on any atom is 0.210 e. The summed E-state index contributed by atoms with van der Waals surface area (Å²) in [6.07, 6.45) is 0. The lowest BCUT2D eigenvalue weighted by atomic mass is 10.3. The molecule has 1 unspecified atom stereocenters. The van der Waals surface area contributed by atoms with E-state index in [1.54, 1.807) is 11.3 Å². The minimum absolute atomic E-state index is 0.0413. The molecular weight excluding hydrogens is 300 g/mol.